The number of hydrogen-bond acceptors (Lipinski definition) is 4. The number of nitrogens with one attached hydrogen (secondary N) is 1. The largest absolute Gasteiger partial charge is 0.324 e. The summed E-state index contributed by atoms with van der Waals surface area (Å²) in [6.07, 6.45) is -2.84. The van der Waals surface area contributed by atoms with Crippen LogP contribution in [0.25, 0.3) is 0 Å². The first kappa shape index (κ1) is 17.8. The van der Waals surface area contributed by atoms with E-state index in [2.05, 4.69) is 10.4 Å². The molecule has 0 aliphatic rings. The quantitative estimate of drug-likeness (QED) is 0.652. The number of rotatable bonds is 5. The summed E-state index contributed by atoms with van der Waals surface area (Å²) in [6, 6.07) is 3.98. The number of carbonyl (C=O) groups is 1. The molecule has 1 N–H and O–H groups in total. The molecule has 1 aromatic carbocycles. The maximum Gasteiger partial charge on any atom is 0.283 e. The summed E-state index contributed by atoms with van der Waals surface area (Å²) < 4.78 is 26.6. The van der Waals surface area contributed by atoms with Crippen LogP contribution in [-0.2, 0) is 11.3 Å². The summed E-state index contributed by atoms with van der Waals surface area (Å²) in [5.41, 5.74) is 0.467. The minimum Gasteiger partial charge on any atom is -0.324 e. The first-order valence-corrected chi connectivity index (χ1v) is 7.14. The number of amides is 1. The maximum absolute atomic E-state index is 12.7. The average molecular weight is 359 g/mol. The van der Waals surface area contributed by atoms with E-state index in [4.69, 9.17) is 11.6 Å². The third-order valence-corrected chi connectivity index (χ3v) is 3.82. The lowest BCUT2D eigenvalue weighted by molar-refractivity contribution is -0.384. The summed E-state index contributed by atoms with van der Waals surface area (Å²) in [4.78, 5) is 22.2. The topological polar surface area (TPSA) is 90.1 Å². The number of nitrogens with zero attached hydrogens (tertiary/aromatic N) is 3. The Morgan fingerprint density at radius 1 is 1.46 bits per heavy atom. The molecule has 128 valence electrons. The Labute approximate surface area is 140 Å². The van der Waals surface area contributed by atoms with Crippen molar-refractivity contribution in [3.05, 3.63) is 50.3 Å². The van der Waals surface area contributed by atoms with Crippen LogP contribution in [0.3, 0.4) is 0 Å². The molecule has 0 spiro atoms. The van der Waals surface area contributed by atoms with Gasteiger partial charge in [0, 0.05) is 17.8 Å². The lowest BCUT2D eigenvalue weighted by atomic mass is 10.2. The average Bonchev–Trinajstić information content (AvgIpc) is 2.77. The smallest absolute Gasteiger partial charge is 0.283 e. The van der Waals surface area contributed by atoms with Gasteiger partial charge in [-0.05, 0) is 25.5 Å². The van der Waals surface area contributed by atoms with Crippen LogP contribution in [0.2, 0.25) is 5.02 Å². The number of nitro groups is 1. The number of non-ortho nitro benzene ring substituents is 1. The van der Waals surface area contributed by atoms with Crippen molar-refractivity contribution >= 4 is 28.9 Å². The van der Waals surface area contributed by atoms with Gasteiger partial charge in [0.05, 0.1) is 15.6 Å². The number of anilines is 1. The molecular formula is C14H13ClF2N4O3. The molecule has 2 rings (SSSR count). The third-order valence-electron chi connectivity index (χ3n) is 3.35. The van der Waals surface area contributed by atoms with Crippen molar-refractivity contribution in [3.8, 4) is 0 Å². The number of alkyl halides is 2. The molecule has 0 unspecified atom stereocenters. The highest BCUT2D eigenvalue weighted by atomic mass is 35.5. The first-order valence-electron chi connectivity index (χ1n) is 6.76. The van der Waals surface area contributed by atoms with E-state index in [1.807, 2.05) is 0 Å². The second kappa shape index (κ2) is 6.91. The molecule has 2 aromatic rings. The molecule has 0 aliphatic heterocycles. The van der Waals surface area contributed by atoms with Gasteiger partial charge < -0.3 is 5.32 Å². The van der Waals surface area contributed by atoms with Gasteiger partial charge in [-0.25, -0.2) is 8.78 Å². The molecule has 0 fully saturated rings. The van der Waals surface area contributed by atoms with Gasteiger partial charge in [0.15, 0.2) is 0 Å². The van der Waals surface area contributed by atoms with Gasteiger partial charge in [-0.3, -0.25) is 19.6 Å². The molecule has 10 heteroatoms. The fraction of sp³-hybridized carbons (Fsp3) is 0.286. The van der Waals surface area contributed by atoms with E-state index in [0.717, 1.165) is 4.68 Å². The van der Waals surface area contributed by atoms with Crippen molar-refractivity contribution in [3.63, 3.8) is 0 Å². The van der Waals surface area contributed by atoms with E-state index in [0.29, 0.717) is 11.3 Å². The zero-order chi connectivity index (χ0) is 18.0. The monoisotopic (exact) mass is 358 g/mol. The highest BCUT2D eigenvalue weighted by Gasteiger charge is 2.21. The van der Waals surface area contributed by atoms with Crippen LogP contribution in [0.1, 0.15) is 23.4 Å². The molecule has 24 heavy (non-hydrogen) atoms. The molecule has 0 atom stereocenters. The van der Waals surface area contributed by atoms with Crippen LogP contribution in [-0.4, -0.2) is 20.6 Å². The van der Waals surface area contributed by atoms with Crippen LogP contribution in [0.4, 0.5) is 20.2 Å². The van der Waals surface area contributed by atoms with E-state index in [9.17, 15) is 23.7 Å². The Morgan fingerprint density at radius 3 is 2.62 bits per heavy atom. The molecular weight excluding hydrogens is 346 g/mol. The van der Waals surface area contributed by atoms with Gasteiger partial charge in [0.2, 0.25) is 5.91 Å². The molecule has 0 radical (unpaired) electrons. The predicted octanol–water partition coefficient (Wildman–Crippen LogP) is 3.64. The Hall–Kier alpha value is -2.55. The van der Waals surface area contributed by atoms with Gasteiger partial charge in [-0.1, -0.05) is 11.6 Å². The van der Waals surface area contributed by atoms with Crippen molar-refractivity contribution in [2.75, 3.05) is 5.32 Å². The van der Waals surface area contributed by atoms with Crippen LogP contribution < -0.4 is 5.32 Å². The SMILES string of the molecule is Cc1cc([N+](=O)[O-])ccc1NC(=O)Cn1nc(C(F)F)c(Cl)c1C. The van der Waals surface area contributed by atoms with Gasteiger partial charge in [-0.2, -0.15) is 5.10 Å². The summed E-state index contributed by atoms with van der Waals surface area (Å²) in [5, 5.41) is 16.7. The fourth-order valence-corrected chi connectivity index (χ4v) is 2.29. The highest BCUT2D eigenvalue weighted by molar-refractivity contribution is 6.31. The van der Waals surface area contributed by atoms with Crippen LogP contribution in [0.5, 0.6) is 0 Å². The number of aryl methyl sites for hydroxylation is 1. The van der Waals surface area contributed by atoms with Crippen LogP contribution in [0.15, 0.2) is 18.2 Å². The van der Waals surface area contributed by atoms with Crippen LogP contribution in [0, 0.1) is 24.0 Å². The Bertz CT molecular complexity index is 808. The second-order valence-electron chi connectivity index (χ2n) is 5.05. The molecule has 1 aromatic heterocycles. The Morgan fingerprint density at radius 2 is 2.12 bits per heavy atom. The second-order valence-corrected chi connectivity index (χ2v) is 5.43. The standard InChI is InChI=1S/C14H13ClF2N4O3/c1-7-5-9(21(23)24)3-4-10(7)18-11(22)6-20-8(2)12(15)13(19-20)14(16)17/h3-5,14H,6H2,1-2H3,(H,18,22). The number of aromatic nitrogens is 2. The van der Waals surface area contributed by atoms with E-state index in [1.165, 1.54) is 25.1 Å². The summed E-state index contributed by atoms with van der Waals surface area (Å²) in [7, 11) is 0. The van der Waals surface area contributed by atoms with E-state index < -0.39 is 22.9 Å². The number of nitro benzene ring substituents is 1. The first-order chi connectivity index (χ1) is 11.2. The summed E-state index contributed by atoms with van der Waals surface area (Å²) in [5.74, 6) is -0.518. The van der Waals surface area contributed by atoms with E-state index in [1.54, 1.807) is 6.92 Å². The van der Waals surface area contributed by atoms with E-state index >= 15 is 0 Å². The van der Waals surface area contributed by atoms with Crippen molar-refractivity contribution < 1.29 is 18.5 Å². The third kappa shape index (κ3) is 3.67. The zero-order valence-electron chi connectivity index (χ0n) is 12.7. The van der Waals surface area contributed by atoms with Crippen molar-refractivity contribution in [1.82, 2.24) is 9.78 Å². The lowest BCUT2D eigenvalue weighted by Gasteiger charge is -2.09. The minimum atomic E-state index is -2.84. The van der Waals surface area contributed by atoms with Gasteiger partial charge in [0.25, 0.3) is 12.1 Å². The fourth-order valence-electron chi connectivity index (χ4n) is 2.07. The number of hydrogen-bond donors (Lipinski definition) is 1. The molecule has 0 saturated carbocycles. The summed E-state index contributed by atoms with van der Waals surface area (Å²) >= 11 is 5.77. The molecule has 0 aliphatic carbocycles. The molecule has 7 nitrogen and oxygen atoms in total. The number of carbonyl (C=O) groups excluding carboxylic acids is 1. The predicted molar refractivity (Wildman–Crippen MR) is 83.4 cm³/mol. The van der Waals surface area contributed by atoms with Gasteiger partial charge in [0.1, 0.15) is 12.2 Å². The highest BCUT2D eigenvalue weighted by Crippen LogP contribution is 2.28. The number of halogens is 3. The van der Waals surface area contributed by atoms with Crippen LogP contribution >= 0.6 is 11.6 Å². The van der Waals surface area contributed by atoms with Crippen molar-refractivity contribution in [1.29, 1.82) is 0 Å². The Balaban J connectivity index is 2.14. The number of benzene rings is 1. The molecule has 0 bridgehead atoms. The van der Waals surface area contributed by atoms with Crippen molar-refractivity contribution in [2.24, 2.45) is 0 Å². The van der Waals surface area contributed by atoms with E-state index in [-0.39, 0.29) is 22.9 Å². The lowest BCUT2D eigenvalue weighted by Crippen LogP contribution is -2.20. The normalized spacial score (nSPS) is 10.9. The van der Waals surface area contributed by atoms with Gasteiger partial charge in [-0.15, -0.1) is 0 Å². The Kier molecular flexibility index (Phi) is 5.13. The summed E-state index contributed by atoms with van der Waals surface area (Å²) in [6.45, 7) is 2.77. The van der Waals surface area contributed by atoms with Crippen molar-refractivity contribution in [2.45, 2.75) is 26.8 Å². The maximum atomic E-state index is 12.7. The van der Waals surface area contributed by atoms with Gasteiger partial charge >= 0.3 is 0 Å². The molecule has 1 heterocycles. The molecule has 1 amide bonds. The molecule has 0 saturated heterocycles. The minimum absolute atomic E-state index is 0.0956. The zero-order valence-corrected chi connectivity index (χ0v) is 13.5.